The van der Waals surface area contributed by atoms with E-state index in [1.54, 1.807) is 29.2 Å². The first-order valence-corrected chi connectivity index (χ1v) is 8.31. The molecule has 2 heterocycles. The number of β-amino-alcohol motifs (C(OH)–C–C–N with tert-alkyl or cyclic N) is 1. The highest BCUT2D eigenvalue weighted by Crippen LogP contribution is 2.33. The minimum absolute atomic E-state index is 0.0226. The van der Waals surface area contributed by atoms with Gasteiger partial charge < -0.3 is 14.7 Å². The lowest BCUT2D eigenvalue weighted by Crippen LogP contribution is -2.32. The Kier molecular flexibility index (Phi) is 4.99. The molecule has 1 aromatic heterocycles. The molecule has 0 radical (unpaired) electrons. The number of nitrogens with zero attached hydrogens (tertiary/aromatic N) is 2. The zero-order valence-corrected chi connectivity index (χ0v) is 14.2. The first-order chi connectivity index (χ1) is 11.9. The maximum atomic E-state index is 13.5. The Hall–Kier alpha value is -2.47. The van der Waals surface area contributed by atoms with Crippen LogP contribution in [0.5, 0.6) is 5.75 Å². The van der Waals surface area contributed by atoms with Gasteiger partial charge in [0, 0.05) is 6.54 Å². The molecular formula is C19H21FN2O3. The number of aliphatic hydroxyl groups excluding tert-OH is 1. The van der Waals surface area contributed by atoms with Gasteiger partial charge in [0.25, 0.3) is 5.91 Å². The highest BCUT2D eigenvalue weighted by atomic mass is 19.1. The number of likely N-dealkylation sites (tertiary alicyclic amines) is 1. The Morgan fingerprint density at radius 1 is 1.36 bits per heavy atom. The third-order valence-electron chi connectivity index (χ3n) is 4.10. The summed E-state index contributed by atoms with van der Waals surface area (Å²) >= 11 is 0. The first kappa shape index (κ1) is 17.4. The Morgan fingerprint density at radius 3 is 2.80 bits per heavy atom. The van der Waals surface area contributed by atoms with E-state index in [0.717, 1.165) is 0 Å². The number of amides is 1. The fraction of sp³-hybridized carbons (Fsp3) is 0.368. The van der Waals surface area contributed by atoms with Gasteiger partial charge in [0.2, 0.25) is 0 Å². The van der Waals surface area contributed by atoms with Crippen LogP contribution in [0.15, 0.2) is 42.6 Å². The van der Waals surface area contributed by atoms with E-state index in [1.807, 2.05) is 13.8 Å². The summed E-state index contributed by atoms with van der Waals surface area (Å²) in [5.41, 5.74) is 0.941. The number of carbonyl (C=O) groups is 1. The second kappa shape index (κ2) is 7.19. The summed E-state index contributed by atoms with van der Waals surface area (Å²) in [5, 5.41) is 10.0. The van der Waals surface area contributed by atoms with Crippen molar-refractivity contribution in [3.63, 3.8) is 0 Å². The molecule has 0 aliphatic carbocycles. The molecule has 0 bridgehead atoms. The van der Waals surface area contributed by atoms with Gasteiger partial charge in [0.05, 0.1) is 24.4 Å². The summed E-state index contributed by atoms with van der Waals surface area (Å²) in [6.07, 6.45) is 1.27. The summed E-state index contributed by atoms with van der Waals surface area (Å²) in [7, 11) is 0. The second-order valence-electron chi connectivity index (χ2n) is 6.46. The van der Waals surface area contributed by atoms with Crippen molar-refractivity contribution in [1.82, 2.24) is 9.88 Å². The maximum Gasteiger partial charge on any atom is 0.273 e. The highest BCUT2D eigenvalue weighted by Gasteiger charge is 2.36. The van der Waals surface area contributed by atoms with E-state index >= 15 is 0 Å². The van der Waals surface area contributed by atoms with Gasteiger partial charge >= 0.3 is 0 Å². The Morgan fingerprint density at radius 2 is 2.16 bits per heavy atom. The Labute approximate surface area is 146 Å². The standard InChI is InChI=1S/C19H21FN2O3/c1-12(2)25-16-6-7-17(21-10-16)19(24)22-11-15(23)9-18(22)13-4-3-5-14(20)8-13/h3-8,10,12,15,18,23H,9,11H2,1-2H3/t15-,18+/m1/s1. The van der Waals surface area contributed by atoms with E-state index in [4.69, 9.17) is 4.74 Å². The second-order valence-corrected chi connectivity index (χ2v) is 6.46. The zero-order valence-electron chi connectivity index (χ0n) is 14.2. The van der Waals surface area contributed by atoms with Crippen molar-refractivity contribution in [3.05, 3.63) is 59.7 Å². The van der Waals surface area contributed by atoms with Gasteiger partial charge in [0.15, 0.2) is 0 Å². The van der Waals surface area contributed by atoms with Crippen LogP contribution in [0, 0.1) is 5.82 Å². The third kappa shape index (κ3) is 3.96. The van der Waals surface area contributed by atoms with Crippen molar-refractivity contribution < 1.29 is 19.0 Å². The fourth-order valence-electron chi connectivity index (χ4n) is 3.06. The largest absolute Gasteiger partial charge is 0.489 e. The highest BCUT2D eigenvalue weighted by molar-refractivity contribution is 5.93. The van der Waals surface area contributed by atoms with Gasteiger partial charge in [-0.25, -0.2) is 9.37 Å². The van der Waals surface area contributed by atoms with Crippen LogP contribution in [0.25, 0.3) is 0 Å². The normalized spacial score (nSPS) is 20.1. The number of halogens is 1. The van der Waals surface area contributed by atoms with Crippen molar-refractivity contribution in [2.45, 2.75) is 38.5 Å². The SMILES string of the molecule is CC(C)Oc1ccc(C(=O)N2C[C@H](O)C[C@H]2c2cccc(F)c2)nc1. The van der Waals surface area contributed by atoms with Gasteiger partial charge in [-0.05, 0) is 50.1 Å². The molecule has 1 amide bonds. The lowest BCUT2D eigenvalue weighted by Gasteiger charge is -2.24. The molecule has 132 valence electrons. The molecule has 1 N–H and O–H groups in total. The van der Waals surface area contributed by atoms with Gasteiger partial charge in [0.1, 0.15) is 17.3 Å². The van der Waals surface area contributed by atoms with Gasteiger partial charge in [-0.15, -0.1) is 0 Å². The lowest BCUT2D eigenvalue weighted by molar-refractivity contribution is 0.0709. The van der Waals surface area contributed by atoms with Crippen molar-refractivity contribution in [2.75, 3.05) is 6.54 Å². The van der Waals surface area contributed by atoms with Crippen LogP contribution in [-0.4, -0.2) is 39.7 Å². The van der Waals surface area contributed by atoms with Crippen molar-refractivity contribution in [1.29, 1.82) is 0 Å². The molecule has 6 heteroatoms. The smallest absolute Gasteiger partial charge is 0.273 e. The first-order valence-electron chi connectivity index (χ1n) is 8.31. The molecular weight excluding hydrogens is 323 g/mol. The van der Waals surface area contributed by atoms with E-state index in [0.29, 0.717) is 17.7 Å². The summed E-state index contributed by atoms with van der Waals surface area (Å²) in [5.74, 6) is -0.0591. The number of carbonyl (C=O) groups excluding carboxylic acids is 1. The van der Waals surface area contributed by atoms with E-state index in [2.05, 4.69) is 4.98 Å². The molecule has 1 aliphatic rings. The number of rotatable bonds is 4. The molecule has 1 aromatic carbocycles. The minimum atomic E-state index is -0.638. The zero-order chi connectivity index (χ0) is 18.0. The number of benzene rings is 1. The van der Waals surface area contributed by atoms with Crippen LogP contribution < -0.4 is 4.74 Å². The molecule has 1 aliphatic heterocycles. The van der Waals surface area contributed by atoms with E-state index in [1.165, 1.54) is 18.3 Å². The molecule has 1 fully saturated rings. The topological polar surface area (TPSA) is 62.7 Å². The van der Waals surface area contributed by atoms with Gasteiger partial charge in [-0.3, -0.25) is 4.79 Å². The number of aromatic nitrogens is 1. The van der Waals surface area contributed by atoms with Gasteiger partial charge in [-0.2, -0.15) is 0 Å². The molecule has 0 unspecified atom stereocenters. The van der Waals surface area contributed by atoms with Crippen LogP contribution in [0.2, 0.25) is 0 Å². The van der Waals surface area contributed by atoms with Crippen LogP contribution in [0.1, 0.15) is 42.4 Å². The average Bonchev–Trinajstić information content (AvgIpc) is 2.96. The average molecular weight is 344 g/mol. The van der Waals surface area contributed by atoms with Gasteiger partial charge in [-0.1, -0.05) is 12.1 Å². The van der Waals surface area contributed by atoms with Crippen molar-refractivity contribution in [2.24, 2.45) is 0 Å². The molecule has 25 heavy (non-hydrogen) atoms. The molecule has 1 saturated heterocycles. The van der Waals surface area contributed by atoms with E-state index in [-0.39, 0.29) is 36.1 Å². The molecule has 3 rings (SSSR count). The number of pyridine rings is 1. The summed E-state index contributed by atoms with van der Waals surface area (Å²) in [6, 6.07) is 9.06. The number of ether oxygens (including phenoxy) is 1. The van der Waals surface area contributed by atoms with Crippen molar-refractivity contribution >= 4 is 5.91 Å². The molecule has 2 aromatic rings. The van der Waals surface area contributed by atoms with Crippen LogP contribution in [0.3, 0.4) is 0 Å². The predicted octanol–water partition coefficient (Wildman–Crippen LogP) is 2.96. The van der Waals surface area contributed by atoms with Crippen LogP contribution in [-0.2, 0) is 0 Å². The number of hydrogen-bond donors (Lipinski definition) is 1. The summed E-state index contributed by atoms with van der Waals surface area (Å²) in [4.78, 5) is 18.5. The monoisotopic (exact) mass is 344 g/mol. The molecule has 2 atom stereocenters. The molecule has 0 saturated carbocycles. The Balaban J connectivity index is 1.82. The molecule has 5 nitrogen and oxygen atoms in total. The quantitative estimate of drug-likeness (QED) is 0.926. The lowest BCUT2D eigenvalue weighted by atomic mass is 10.0. The van der Waals surface area contributed by atoms with E-state index < -0.39 is 6.10 Å². The number of hydrogen-bond acceptors (Lipinski definition) is 4. The van der Waals surface area contributed by atoms with Crippen LogP contribution in [0.4, 0.5) is 4.39 Å². The van der Waals surface area contributed by atoms with E-state index in [9.17, 15) is 14.3 Å². The third-order valence-corrected chi connectivity index (χ3v) is 4.10. The maximum absolute atomic E-state index is 13.5. The predicted molar refractivity (Wildman–Crippen MR) is 90.8 cm³/mol. The van der Waals surface area contributed by atoms with Crippen molar-refractivity contribution in [3.8, 4) is 5.75 Å². The fourth-order valence-corrected chi connectivity index (χ4v) is 3.06. The summed E-state index contributed by atoms with van der Waals surface area (Å²) in [6.45, 7) is 4.02. The Bertz CT molecular complexity index is 749. The molecule has 0 spiro atoms. The summed E-state index contributed by atoms with van der Waals surface area (Å²) < 4.78 is 19.1. The number of aliphatic hydroxyl groups is 1. The van der Waals surface area contributed by atoms with Crippen LogP contribution >= 0.6 is 0 Å². The minimum Gasteiger partial charge on any atom is -0.489 e.